The third-order valence-corrected chi connectivity index (χ3v) is 5.07. The molecule has 1 fully saturated rings. The van der Waals surface area contributed by atoms with Crippen LogP contribution >= 0.6 is 0 Å². The van der Waals surface area contributed by atoms with Crippen LogP contribution in [0.25, 0.3) is 10.8 Å². The summed E-state index contributed by atoms with van der Waals surface area (Å²) in [4.78, 5) is 6.06. The molecule has 5 rings (SSSR count). The lowest BCUT2D eigenvalue weighted by Gasteiger charge is -2.32. The molecule has 0 amide bonds. The Balaban J connectivity index is 1.60. The maximum Gasteiger partial charge on any atom is 0.124 e. The number of fused-ring (bicyclic) bond motifs is 5. The van der Waals surface area contributed by atoms with Crippen LogP contribution in [0.1, 0.15) is 17.2 Å². The van der Waals surface area contributed by atoms with Gasteiger partial charge in [-0.3, -0.25) is 4.84 Å². The van der Waals surface area contributed by atoms with Crippen molar-refractivity contribution in [3.8, 4) is 5.75 Å². The standard InChI is InChI=1S/C21H19NO2/c1-2-6-15(7-3-1)12-22-21-17(14-24-22)13-23-19-11-10-16-8-4-5-9-18(16)20(19)21/h1-11,17,21H,12-14H2/t17-,21+/m0/s1. The predicted molar refractivity (Wildman–Crippen MR) is 93.6 cm³/mol. The fourth-order valence-corrected chi connectivity index (χ4v) is 3.93. The summed E-state index contributed by atoms with van der Waals surface area (Å²) in [5, 5.41) is 4.67. The molecule has 0 aromatic heterocycles. The average Bonchev–Trinajstić information content (AvgIpc) is 3.05. The molecule has 3 nitrogen and oxygen atoms in total. The van der Waals surface area contributed by atoms with E-state index in [0.717, 1.165) is 25.5 Å². The summed E-state index contributed by atoms with van der Waals surface area (Å²) in [5.41, 5.74) is 2.55. The Kier molecular flexibility index (Phi) is 3.28. The van der Waals surface area contributed by atoms with Gasteiger partial charge in [0.25, 0.3) is 0 Å². The van der Waals surface area contributed by atoms with Crippen LogP contribution in [0.5, 0.6) is 5.75 Å². The zero-order valence-corrected chi connectivity index (χ0v) is 13.4. The molecule has 3 heteroatoms. The summed E-state index contributed by atoms with van der Waals surface area (Å²) in [7, 11) is 0. The van der Waals surface area contributed by atoms with E-state index in [1.165, 1.54) is 21.9 Å². The fraction of sp³-hybridized carbons (Fsp3) is 0.238. The molecule has 0 aliphatic carbocycles. The van der Waals surface area contributed by atoms with Crippen molar-refractivity contribution in [2.45, 2.75) is 12.6 Å². The highest BCUT2D eigenvalue weighted by Gasteiger charge is 2.42. The molecule has 0 bridgehead atoms. The maximum absolute atomic E-state index is 6.06. The van der Waals surface area contributed by atoms with Crippen LogP contribution in [0.15, 0.2) is 66.7 Å². The lowest BCUT2D eigenvalue weighted by Crippen LogP contribution is -2.31. The summed E-state index contributed by atoms with van der Waals surface area (Å²) in [6.07, 6.45) is 0. The van der Waals surface area contributed by atoms with Gasteiger partial charge in [-0.1, -0.05) is 60.7 Å². The van der Waals surface area contributed by atoms with Crippen molar-refractivity contribution in [3.05, 3.63) is 77.9 Å². The minimum Gasteiger partial charge on any atom is -0.493 e. The highest BCUT2D eigenvalue weighted by atomic mass is 16.7. The second kappa shape index (κ2) is 5.62. The molecule has 1 saturated heterocycles. The Labute approximate surface area is 141 Å². The SMILES string of the molecule is c1ccc(CN2OC[C@@H]3COc4ccc5ccccc5c4[C@@H]32)cc1. The first-order chi connectivity index (χ1) is 11.9. The van der Waals surface area contributed by atoms with E-state index in [9.17, 15) is 0 Å². The van der Waals surface area contributed by atoms with Crippen molar-refractivity contribution in [1.29, 1.82) is 0 Å². The Morgan fingerprint density at radius 1 is 0.875 bits per heavy atom. The number of hydrogen-bond acceptors (Lipinski definition) is 3. The second-order valence-electron chi connectivity index (χ2n) is 6.57. The van der Waals surface area contributed by atoms with Gasteiger partial charge in [0.2, 0.25) is 0 Å². The molecule has 0 radical (unpaired) electrons. The Morgan fingerprint density at radius 3 is 2.62 bits per heavy atom. The zero-order chi connectivity index (χ0) is 15.9. The van der Waals surface area contributed by atoms with Crippen molar-refractivity contribution in [2.24, 2.45) is 5.92 Å². The average molecular weight is 317 g/mol. The molecule has 0 N–H and O–H groups in total. The smallest absolute Gasteiger partial charge is 0.124 e. The summed E-state index contributed by atoms with van der Waals surface area (Å²) in [6.45, 7) is 2.24. The Hall–Kier alpha value is -2.36. The number of benzene rings is 3. The van der Waals surface area contributed by atoms with Gasteiger partial charge in [-0.2, -0.15) is 5.06 Å². The van der Waals surface area contributed by atoms with E-state index in [-0.39, 0.29) is 6.04 Å². The van der Waals surface area contributed by atoms with Gasteiger partial charge in [0, 0.05) is 18.0 Å². The zero-order valence-electron chi connectivity index (χ0n) is 13.4. The minimum absolute atomic E-state index is 0.250. The van der Waals surface area contributed by atoms with Crippen LogP contribution in [0.2, 0.25) is 0 Å². The highest BCUT2D eigenvalue weighted by molar-refractivity contribution is 5.88. The van der Waals surface area contributed by atoms with E-state index < -0.39 is 0 Å². The lowest BCUT2D eigenvalue weighted by molar-refractivity contribution is -0.141. The van der Waals surface area contributed by atoms with Crippen molar-refractivity contribution in [3.63, 3.8) is 0 Å². The maximum atomic E-state index is 6.06. The van der Waals surface area contributed by atoms with Crippen LogP contribution in [-0.2, 0) is 11.4 Å². The predicted octanol–water partition coefficient (Wildman–Crippen LogP) is 4.34. The summed E-state index contributed by atoms with van der Waals surface area (Å²) in [6, 6.07) is 23.6. The number of hydrogen-bond donors (Lipinski definition) is 0. The first kappa shape index (κ1) is 14.0. The normalized spacial score (nSPS) is 22.8. The van der Waals surface area contributed by atoms with E-state index in [1.54, 1.807) is 0 Å². The lowest BCUT2D eigenvalue weighted by atomic mass is 9.88. The molecular weight excluding hydrogens is 298 g/mol. The molecular formula is C21H19NO2. The van der Waals surface area contributed by atoms with Crippen molar-refractivity contribution >= 4 is 10.8 Å². The Bertz CT molecular complexity index is 877. The van der Waals surface area contributed by atoms with Crippen LogP contribution in [0.4, 0.5) is 0 Å². The van der Waals surface area contributed by atoms with E-state index in [4.69, 9.17) is 9.57 Å². The second-order valence-corrected chi connectivity index (χ2v) is 6.57. The van der Waals surface area contributed by atoms with Gasteiger partial charge in [-0.15, -0.1) is 0 Å². The molecule has 0 saturated carbocycles. The van der Waals surface area contributed by atoms with Crippen molar-refractivity contribution in [1.82, 2.24) is 5.06 Å². The van der Waals surface area contributed by atoms with Gasteiger partial charge in [-0.05, 0) is 22.4 Å². The fourth-order valence-electron chi connectivity index (χ4n) is 3.93. The molecule has 0 spiro atoms. The third kappa shape index (κ3) is 2.20. The summed E-state index contributed by atoms with van der Waals surface area (Å²) >= 11 is 0. The quantitative estimate of drug-likeness (QED) is 0.702. The third-order valence-electron chi connectivity index (χ3n) is 5.07. The molecule has 120 valence electrons. The molecule has 3 aromatic carbocycles. The summed E-state index contributed by atoms with van der Waals surface area (Å²) in [5.74, 6) is 1.38. The van der Waals surface area contributed by atoms with Crippen LogP contribution in [0, 0.1) is 5.92 Å². The largest absolute Gasteiger partial charge is 0.493 e. The molecule has 0 unspecified atom stereocenters. The number of nitrogens with zero attached hydrogens (tertiary/aromatic N) is 1. The van der Waals surface area contributed by atoms with Gasteiger partial charge in [-0.25, -0.2) is 0 Å². The van der Waals surface area contributed by atoms with E-state index >= 15 is 0 Å². The van der Waals surface area contributed by atoms with Crippen molar-refractivity contribution < 1.29 is 9.57 Å². The van der Waals surface area contributed by atoms with Crippen LogP contribution in [0.3, 0.4) is 0 Å². The molecule has 2 heterocycles. The van der Waals surface area contributed by atoms with Crippen molar-refractivity contribution in [2.75, 3.05) is 13.2 Å². The molecule has 2 atom stereocenters. The number of rotatable bonds is 2. The first-order valence-corrected chi connectivity index (χ1v) is 8.48. The van der Waals surface area contributed by atoms with E-state index in [2.05, 4.69) is 71.8 Å². The van der Waals surface area contributed by atoms with E-state index in [1.807, 2.05) is 0 Å². The molecule has 24 heavy (non-hydrogen) atoms. The van der Waals surface area contributed by atoms with Gasteiger partial charge >= 0.3 is 0 Å². The monoisotopic (exact) mass is 317 g/mol. The van der Waals surface area contributed by atoms with Gasteiger partial charge < -0.3 is 4.74 Å². The number of ether oxygens (including phenoxy) is 1. The van der Waals surface area contributed by atoms with Gasteiger partial charge in [0.15, 0.2) is 0 Å². The van der Waals surface area contributed by atoms with Gasteiger partial charge in [0.05, 0.1) is 19.3 Å². The molecule has 2 aliphatic rings. The molecule has 3 aromatic rings. The summed E-state index contributed by atoms with van der Waals surface area (Å²) < 4.78 is 6.04. The van der Waals surface area contributed by atoms with E-state index in [0.29, 0.717) is 5.92 Å². The highest BCUT2D eigenvalue weighted by Crippen LogP contribution is 2.47. The van der Waals surface area contributed by atoms with Crippen LogP contribution < -0.4 is 4.74 Å². The number of hydroxylamine groups is 2. The van der Waals surface area contributed by atoms with Crippen LogP contribution in [-0.4, -0.2) is 18.3 Å². The first-order valence-electron chi connectivity index (χ1n) is 8.48. The topological polar surface area (TPSA) is 21.7 Å². The molecule has 2 aliphatic heterocycles. The minimum atomic E-state index is 0.250. The Morgan fingerprint density at radius 2 is 1.71 bits per heavy atom. The van der Waals surface area contributed by atoms with Gasteiger partial charge in [0.1, 0.15) is 5.75 Å².